The number of nitrogens with zero attached hydrogens (tertiary/aromatic N) is 1. The maximum absolute atomic E-state index is 12.0. The first kappa shape index (κ1) is 14.8. The van der Waals surface area contributed by atoms with Gasteiger partial charge >= 0.3 is 0 Å². The van der Waals surface area contributed by atoms with Gasteiger partial charge in [-0.2, -0.15) is 5.26 Å². The smallest absolute Gasteiger partial charge is 0.251 e. The van der Waals surface area contributed by atoms with Crippen molar-refractivity contribution in [2.45, 2.75) is 18.9 Å². The minimum absolute atomic E-state index is 0.234. The topological polar surface area (TPSA) is 52.9 Å². The number of benzene rings is 1. The summed E-state index contributed by atoms with van der Waals surface area (Å²) in [4.78, 5) is 12.0. The van der Waals surface area contributed by atoms with Gasteiger partial charge in [0.1, 0.15) is 0 Å². The van der Waals surface area contributed by atoms with Gasteiger partial charge in [0.25, 0.3) is 5.91 Å². The molecule has 0 saturated heterocycles. The van der Waals surface area contributed by atoms with Crippen LogP contribution in [-0.2, 0) is 0 Å². The lowest BCUT2D eigenvalue weighted by Gasteiger charge is -2.29. The fourth-order valence-electron chi connectivity index (χ4n) is 1.39. The molecular weight excluding hydrogens is 271 g/mol. The highest BCUT2D eigenvalue weighted by Crippen LogP contribution is 2.16. The van der Waals surface area contributed by atoms with E-state index in [0.717, 1.165) is 0 Å². The van der Waals surface area contributed by atoms with Gasteiger partial charge in [0.15, 0.2) is 0 Å². The minimum atomic E-state index is -0.589. The highest BCUT2D eigenvalue weighted by Gasteiger charge is 2.28. The Morgan fingerprint density at radius 2 is 1.89 bits per heavy atom. The molecule has 5 heteroatoms. The maximum Gasteiger partial charge on any atom is 0.251 e. The second-order valence-corrected chi connectivity index (χ2v) is 4.58. The lowest BCUT2D eigenvalue weighted by atomic mass is 10.0. The van der Waals surface area contributed by atoms with Crippen LogP contribution in [0.1, 0.15) is 29.3 Å². The van der Waals surface area contributed by atoms with Crippen molar-refractivity contribution < 1.29 is 4.79 Å². The van der Waals surface area contributed by atoms with Crippen LogP contribution in [0.2, 0.25) is 0 Å². The van der Waals surface area contributed by atoms with E-state index in [1.807, 2.05) is 13.0 Å². The molecule has 0 atom stereocenters. The van der Waals surface area contributed by atoms with Gasteiger partial charge < -0.3 is 5.32 Å². The van der Waals surface area contributed by atoms with E-state index in [1.54, 1.807) is 24.3 Å². The number of nitriles is 1. The van der Waals surface area contributed by atoms with Crippen LogP contribution >= 0.6 is 23.2 Å². The first-order valence-corrected chi connectivity index (χ1v) is 6.62. The third kappa shape index (κ3) is 3.38. The number of alkyl halides is 2. The molecule has 1 N–H and O–H groups in total. The first-order chi connectivity index (χ1) is 8.60. The summed E-state index contributed by atoms with van der Waals surface area (Å²) in [5.74, 6) is 0.284. The standard InChI is InChI=1S/C13H14Cl2N2O/c1-2-13(8-14,9-15)17-12(18)11-5-3-10(7-16)4-6-11/h3-6H,2,8-9H2,1H3,(H,17,18). The molecule has 0 saturated carbocycles. The molecule has 0 aromatic heterocycles. The molecule has 0 heterocycles. The number of carbonyl (C=O) groups excluding carboxylic acids is 1. The molecule has 0 aliphatic rings. The summed E-state index contributed by atoms with van der Waals surface area (Å²) in [7, 11) is 0. The van der Waals surface area contributed by atoms with Gasteiger partial charge in [-0.25, -0.2) is 0 Å². The van der Waals surface area contributed by atoms with Gasteiger partial charge in [-0.1, -0.05) is 6.92 Å². The molecule has 0 unspecified atom stereocenters. The Kier molecular flexibility index (Phi) is 5.46. The summed E-state index contributed by atoms with van der Waals surface area (Å²) in [6.45, 7) is 1.92. The van der Waals surface area contributed by atoms with Gasteiger partial charge in [-0.15, -0.1) is 23.2 Å². The second kappa shape index (κ2) is 6.63. The zero-order valence-corrected chi connectivity index (χ0v) is 11.6. The van der Waals surface area contributed by atoms with E-state index < -0.39 is 5.54 Å². The number of halogens is 2. The monoisotopic (exact) mass is 284 g/mol. The minimum Gasteiger partial charge on any atom is -0.344 e. The van der Waals surface area contributed by atoms with E-state index in [-0.39, 0.29) is 17.7 Å². The van der Waals surface area contributed by atoms with Crippen LogP contribution in [0.25, 0.3) is 0 Å². The van der Waals surface area contributed by atoms with Gasteiger partial charge in [0.05, 0.1) is 17.2 Å². The molecule has 0 radical (unpaired) electrons. The van der Waals surface area contributed by atoms with E-state index in [1.165, 1.54) is 0 Å². The number of amides is 1. The van der Waals surface area contributed by atoms with Crippen LogP contribution in [0, 0.1) is 11.3 Å². The van der Waals surface area contributed by atoms with Crippen molar-refractivity contribution in [3.8, 4) is 6.07 Å². The summed E-state index contributed by atoms with van der Waals surface area (Å²) in [6, 6.07) is 8.42. The van der Waals surface area contributed by atoms with E-state index in [4.69, 9.17) is 28.5 Å². The van der Waals surface area contributed by atoms with Crippen LogP contribution < -0.4 is 5.32 Å². The van der Waals surface area contributed by atoms with Crippen molar-refractivity contribution in [1.82, 2.24) is 5.32 Å². The van der Waals surface area contributed by atoms with Gasteiger partial charge in [0, 0.05) is 17.3 Å². The quantitative estimate of drug-likeness (QED) is 0.846. The SMILES string of the molecule is CCC(CCl)(CCl)NC(=O)c1ccc(C#N)cc1. The largest absolute Gasteiger partial charge is 0.344 e. The van der Waals surface area contributed by atoms with Crippen LogP contribution in [0.15, 0.2) is 24.3 Å². The van der Waals surface area contributed by atoms with Gasteiger partial charge in [-0.05, 0) is 30.7 Å². The lowest BCUT2D eigenvalue weighted by molar-refractivity contribution is 0.0913. The average molecular weight is 285 g/mol. The highest BCUT2D eigenvalue weighted by atomic mass is 35.5. The van der Waals surface area contributed by atoms with Gasteiger partial charge in [0.2, 0.25) is 0 Å². The Bertz CT molecular complexity index is 439. The fourth-order valence-corrected chi connectivity index (χ4v) is 2.19. The maximum atomic E-state index is 12.0. The molecule has 1 amide bonds. The Hall–Kier alpha value is -1.24. The lowest BCUT2D eigenvalue weighted by Crippen LogP contribution is -2.51. The first-order valence-electron chi connectivity index (χ1n) is 5.55. The average Bonchev–Trinajstić information content (AvgIpc) is 2.45. The Balaban J connectivity index is 2.84. The number of hydrogen-bond acceptors (Lipinski definition) is 2. The molecule has 18 heavy (non-hydrogen) atoms. The summed E-state index contributed by atoms with van der Waals surface area (Å²) in [5.41, 5.74) is 0.415. The molecule has 1 rings (SSSR count). The molecule has 1 aromatic carbocycles. The summed E-state index contributed by atoms with van der Waals surface area (Å²) in [5, 5.41) is 11.5. The van der Waals surface area contributed by atoms with Crippen LogP contribution in [-0.4, -0.2) is 23.2 Å². The highest BCUT2D eigenvalue weighted by molar-refractivity contribution is 6.22. The van der Waals surface area contributed by atoms with E-state index in [9.17, 15) is 4.79 Å². The number of nitrogens with one attached hydrogen (secondary N) is 1. The zero-order chi connectivity index (χ0) is 13.6. The molecule has 1 aromatic rings. The van der Waals surface area contributed by atoms with Crippen molar-refractivity contribution in [2.24, 2.45) is 0 Å². The fraction of sp³-hybridized carbons (Fsp3) is 0.385. The van der Waals surface area contributed by atoms with E-state index in [0.29, 0.717) is 17.5 Å². The molecule has 96 valence electrons. The second-order valence-electron chi connectivity index (χ2n) is 4.04. The molecule has 0 fully saturated rings. The number of carbonyl (C=O) groups is 1. The van der Waals surface area contributed by atoms with Crippen molar-refractivity contribution in [2.75, 3.05) is 11.8 Å². The van der Waals surface area contributed by atoms with Crippen LogP contribution in [0.5, 0.6) is 0 Å². The molecule has 0 spiro atoms. The predicted octanol–water partition coefficient (Wildman–Crippen LogP) is 2.91. The third-order valence-corrected chi connectivity index (χ3v) is 3.87. The Morgan fingerprint density at radius 3 is 2.28 bits per heavy atom. The zero-order valence-electron chi connectivity index (χ0n) is 10.0. The third-order valence-electron chi connectivity index (χ3n) is 2.84. The van der Waals surface area contributed by atoms with E-state index in [2.05, 4.69) is 5.32 Å². The van der Waals surface area contributed by atoms with E-state index >= 15 is 0 Å². The molecule has 0 bridgehead atoms. The Morgan fingerprint density at radius 1 is 1.33 bits per heavy atom. The summed E-state index contributed by atoms with van der Waals surface area (Å²) in [6.07, 6.45) is 0.655. The van der Waals surface area contributed by atoms with Crippen LogP contribution in [0.4, 0.5) is 0 Å². The molecule has 3 nitrogen and oxygen atoms in total. The molecule has 0 aliphatic carbocycles. The molecule has 0 aliphatic heterocycles. The van der Waals surface area contributed by atoms with Crippen molar-refractivity contribution in [1.29, 1.82) is 5.26 Å². The Labute approximate surface area is 117 Å². The summed E-state index contributed by atoms with van der Waals surface area (Å²) >= 11 is 11.7. The normalized spacial score (nSPS) is 10.8. The number of hydrogen-bond donors (Lipinski definition) is 1. The molecular formula is C13H14Cl2N2O. The summed E-state index contributed by atoms with van der Waals surface area (Å²) < 4.78 is 0. The van der Waals surface area contributed by atoms with Crippen molar-refractivity contribution in [3.05, 3.63) is 35.4 Å². The van der Waals surface area contributed by atoms with Crippen molar-refractivity contribution >= 4 is 29.1 Å². The predicted molar refractivity (Wildman–Crippen MR) is 73.1 cm³/mol. The van der Waals surface area contributed by atoms with Crippen molar-refractivity contribution in [3.63, 3.8) is 0 Å². The van der Waals surface area contributed by atoms with Gasteiger partial charge in [-0.3, -0.25) is 4.79 Å². The van der Waals surface area contributed by atoms with Crippen LogP contribution in [0.3, 0.4) is 0 Å². The number of rotatable bonds is 5.